The zero-order chi connectivity index (χ0) is 15.5. The maximum absolute atomic E-state index is 12.1. The number of hydrogen-bond acceptors (Lipinski definition) is 4. The average molecular weight is 374 g/mol. The highest BCUT2D eigenvalue weighted by Crippen LogP contribution is 2.27. The summed E-state index contributed by atoms with van der Waals surface area (Å²) in [5.74, 6) is -0.182. The van der Waals surface area contributed by atoms with Gasteiger partial charge >= 0.3 is 0 Å². The van der Waals surface area contributed by atoms with Gasteiger partial charge < -0.3 is 0 Å². The Labute approximate surface area is 140 Å². The maximum atomic E-state index is 12.1. The van der Waals surface area contributed by atoms with Crippen molar-refractivity contribution in [3.8, 4) is 10.6 Å². The number of hydrogen-bond donors (Lipinski definition) is 1. The SMILES string of the molecule is Cc1ccc(C(=O)Nc2nnc(-c3ccc(Br)cc3)s2)cc1. The molecule has 1 aromatic heterocycles. The van der Waals surface area contributed by atoms with E-state index in [1.807, 2.05) is 43.3 Å². The molecule has 0 aliphatic heterocycles. The van der Waals surface area contributed by atoms with E-state index in [0.29, 0.717) is 10.7 Å². The third-order valence-electron chi connectivity index (χ3n) is 3.05. The predicted molar refractivity (Wildman–Crippen MR) is 92.2 cm³/mol. The Morgan fingerprint density at radius 3 is 2.41 bits per heavy atom. The van der Waals surface area contributed by atoms with Crippen LogP contribution in [0.1, 0.15) is 15.9 Å². The topological polar surface area (TPSA) is 54.9 Å². The Balaban J connectivity index is 1.75. The number of nitrogens with zero attached hydrogens (tertiary/aromatic N) is 2. The average Bonchev–Trinajstić information content (AvgIpc) is 2.97. The summed E-state index contributed by atoms with van der Waals surface area (Å²) in [5.41, 5.74) is 2.69. The normalized spacial score (nSPS) is 10.5. The number of aryl methyl sites for hydroxylation is 1. The van der Waals surface area contributed by atoms with E-state index in [0.717, 1.165) is 20.6 Å². The molecule has 0 atom stereocenters. The van der Waals surface area contributed by atoms with Crippen molar-refractivity contribution < 1.29 is 4.79 Å². The Kier molecular flexibility index (Phi) is 4.31. The molecule has 2 aromatic carbocycles. The Hall–Kier alpha value is -2.05. The molecule has 0 aliphatic rings. The van der Waals surface area contributed by atoms with E-state index < -0.39 is 0 Å². The third-order valence-corrected chi connectivity index (χ3v) is 4.47. The fourth-order valence-corrected chi connectivity index (χ4v) is 2.87. The van der Waals surface area contributed by atoms with E-state index in [2.05, 4.69) is 31.4 Å². The monoisotopic (exact) mass is 373 g/mol. The summed E-state index contributed by atoms with van der Waals surface area (Å²) < 4.78 is 1.01. The van der Waals surface area contributed by atoms with E-state index in [4.69, 9.17) is 0 Å². The van der Waals surface area contributed by atoms with Crippen LogP contribution in [-0.4, -0.2) is 16.1 Å². The molecule has 0 spiro atoms. The van der Waals surface area contributed by atoms with E-state index in [1.165, 1.54) is 11.3 Å². The second-order valence-corrected chi connectivity index (χ2v) is 6.63. The van der Waals surface area contributed by atoms with Crippen molar-refractivity contribution in [3.05, 3.63) is 64.1 Å². The number of carbonyl (C=O) groups excluding carboxylic acids is 1. The molecule has 1 amide bonds. The molecule has 4 nitrogen and oxygen atoms in total. The first-order valence-electron chi connectivity index (χ1n) is 6.59. The van der Waals surface area contributed by atoms with Gasteiger partial charge in [-0.15, -0.1) is 10.2 Å². The molecule has 0 radical (unpaired) electrons. The standard InChI is InChI=1S/C16H12BrN3OS/c1-10-2-4-11(5-3-10)14(21)18-16-20-19-15(22-16)12-6-8-13(17)9-7-12/h2-9H,1H3,(H,18,20,21). The predicted octanol–water partition coefficient (Wildman–Crippen LogP) is 4.53. The molecule has 3 aromatic rings. The highest BCUT2D eigenvalue weighted by molar-refractivity contribution is 9.10. The van der Waals surface area contributed by atoms with Gasteiger partial charge in [0, 0.05) is 15.6 Å². The van der Waals surface area contributed by atoms with Gasteiger partial charge in [0.2, 0.25) is 5.13 Å². The van der Waals surface area contributed by atoms with Gasteiger partial charge in [0.1, 0.15) is 5.01 Å². The van der Waals surface area contributed by atoms with Crippen molar-refractivity contribution in [3.63, 3.8) is 0 Å². The van der Waals surface area contributed by atoms with Gasteiger partial charge in [0.05, 0.1) is 0 Å². The minimum atomic E-state index is -0.182. The molecule has 1 N–H and O–H groups in total. The van der Waals surface area contributed by atoms with Gasteiger partial charge in [0.15, 0.2) is 0 Å². The van der Waals surface area contributed by atoms with Crippen LogP contribution in [0.5, 0.6) is 0 Å². The summed E-state index contributed by atoms with van der Waals surface area (Å²) >= 11 is 4.75. The number of anilines is 1. The molecule has 0 saturated carbocycles. The van der Waals surface area contributed by atoms with Crippen LogP contribution in [-0.2, 0) is 0 Å². The number of rotatable bonds is 3. The van der Waals surface area contributed by atoms with Crippen LogP contribution in [0.3, 0.4) is 0 Å². The van der Waals surface area contributed by atoms with Crippen LogP contribution >= 0.6 is 27.3 Å². The van der Waals surface area contributed by atoms with Crippen LogP contribution in [0, 0.1) is 6.92 Å². The lowest BCUT2D eigenvalue weighted by molar-refractivity contribution is 0.102. The van der Waals surface area contributed by atoms with Crippen molar-refractivity contribution in [2.75, 3.05) is 5.32 Å². The largest absolute Gasteiger partial charge is 0.296 e. The first-order valence-corrected chi connectivity index (χ1v) is 8.20. The third kappa shape index (κ3) is 3.40. The van der Waals surface area contributed by atoms with E-state index in [9.17, 15) is 4.79 Å². The lowest BCUT2D eigenvalue weighted by Gasteiger charge is -2.01. The van der Waals surface area contributed by atoms with Gasteiger partial charge in [0.25, 0.3) is 5.91 Å². The summed E-state index contributed by atoms with van der Waals surface area (Å²) in [6.07, 6.45) is 0. The zero-order valence-electron chi connectivity index (χ0n) is 11.7. The quantitative estimate of drug-likeness (QED) is 0.733. The van der Waals surface area contributed by atoms with Gasteiger partial charge in [-0.1, -0.05) is 57.1 Å². The molecule has 22 heavy (non-hydrogen) atoms. The first kappa shape index (κ1) is 14.9. The van der Waals surface area contributed by atoms with Gasteiger partial charge in [-0.25, -0.2) is 0 Å². The molecule has 3 rings (SSSR count). The van der Waals surface area contributed by atoms with Crippen molar-refractivity contribution >= 4 is 38.3 Å². The van der Waals surface area contributed by atoms with E-state index >= 15 is 0 Å². The molecule has 0 unspecified atom stereocenters. The number of amides is 1. The molecule has 0 bridgehead atoms. The summed E-state index contributed by atoms with van der Waals surface area (Å²) in [6, 6.07) is 15.2. The Morgan fingerprint density at radius 1 is 1.05 bits per heavy atom. The van der Waals surface area contributed by atoms with Crippen molar-refractivity contribution in [1.29, 1.82) is 0 Å². The van der Waals surface area contributed by atoms with Crippen LogP contribution in [0.4, 0.5) is 5.13 Å². The molecular formula is C16H12BrN3OS. The summed E-state index contributed by atoms with van der Waals surface area (Å²) in [6.45, 7) is 1.98. The molecule has 110 valence electrons. The highest BCUT2D eigenvalue weighted by Gasteiger charge is 2.11. The van der Waals surface area contributed by atoms with Gasteiger partial charge in [-0.2, -0.15) is 0 Å². The number of carbonyl (C=O) groups is 1. The highest BCUT2D eigenvalue weighted by atomic mass is 79.9. The van der Waals surface area contributed by atoms with E-state index in [1.54, 1.807) is 12.1 Å². The molecule has 6 heteroatoms. The summed E-state index contributed by atoms with van der Waals surface area (Å²) in [7, 11) is 0. The minimum absolute atomic E-state index is 0.182. The Bertz CT molecular complexity index is 797. The lowest BCUT2D eigenvalue weighted by atomic mass is 10.1. The molecular weight excluding hydrogens is 362 g/mol. The fraction of sp³-hybridized carbons (Fsp3) is 0.0625. The zero-order valence-corrected chi connectivity index (χ0v) is 14.1. The Morgan fingerprint density at radius 2 is 1.73 bits per heavy atom. The number of halogens is 1. The van der Waals surface area contributed by atoms with Crippen LogP contribution < -0.4 is 5.32 Å². The van der Waals surface area contributed by atoms with Crippen molar-refractivity contribution in [1.82, 2.24) is 10.2 Å². The number of benzene rings is 2. The van der Waals surface area contributed by atoms with Crippen LogP contribution in [0.15, 0.2) is 53.0 Å². The van der Waals surface area contributed by atoms with Crippen molar-refractivity contribution in [2.24, 2.45) is 0 Å². The second-order valence-electron chi connectivity index (χ2n) is 4.74. The maximum Gasteiger partial charge on any atom is 0.257 e. The van der Waals surface area contributed by atoms with E-state index in [-0.39, 0.29) is 5.91 Å². The molecule has 0 fully saturated rings. The first-order chi connectivity index (χ1) is 10.6. The molecule has 0 aliphatic carbocycles. The van der Waals surface area contributed by atoms with Gasteiger partial charge in [-0.3, -0.25) is 10.1 Å². The second kappa shape index (κ2) is 6.37. The summed E-state index contributed by atoms with van der Waals surface area (Å²) in [4.78, 5) is 12.1. The van der Waals surface area contributed by atoms with Crippen LogP contribution in [0.25, 0.3) is 10.6 Å². The lowest BCUT2D eigenvalue weighted by Crippen LogP contribution is -2.11. The molecule has 1 heterocycles. The fourth-order valence-electron chi connectivity index (χ4n) is 1.86. The minimum Gasteiger partial charge on any atom is -0.296 e. The number of aromatic nitrogens is 2. The number of nitrogens with one attached hydrogen (secondary N) is 1. The molecule has 0 saturated heterocycles. The van der Waals surface area contributed by atoms with Crippen molar-refractivity contribution in [2.45, 2.75) is 6.92 Å². The van der Waals surface area contributed by atoms with Gasteiger partial charge in [-0.05, 0) is 31.2 Å². The van der Waals surface area contributed by atoms with Crippen LogP contribution in [0.2, 0.25) is 0 Å². The smallest absolute Gasteiger partial charge is 0.257 e. The summed E-state index contributed by atoms with van der Waals surface area (Å²) in [5, 5.41) is 12.2.